The number of anilines is 1. The van der Waals surface area contributed by atoms with Crippen LogP contribution >= 0.6 is 0 Å². The highest BCUT2D eigenvalue weighted by atomic mass is 16.7. The lowest BCUT2D eigenvalue weighted by atomic mass is 9.77. The number of hydrogen-bond donors (Lipinski definition) is 0. The topological polar surface area (TPSA) is 34.6 Å². The molecule has 1 aromatic rings. The lowest BCUT2D eigenvalue weighted by molar-refractivity contribution is 0.00578. The van der Waals surface area contributed by atoms with Crippen LogP contribution in [0.15, 0.2) is 12.3 Å². The van der Waals surface area contributed by atoms with Crippen LogP contribution in [-0.4, -0.2) is 35.4 Å². The second-order valence-corrected chi connectivity index (χ2v) is 9.87. The van der Waals surface area contributed by atoms with E-state index in [0.717, 1.165) is 17.8 Å². The SMILES string of the molecule is CC1(C)CN(C(C)(C)C)c2ncc(B3OC(C)(C)C(C)(C)O3)cc21. The second kappa shape index (κ2) is 4.98. The van der Waals surface area contributed by atoms with E-state index in [1.54, 1.807) is 0 Å². The van der Waals surface area contributed by atoms with Crippen molar-refractivity contribution < 1.29 is 9.31 Å². The molecule has 4 nitrogen and oxygen atoms in total. The maximum absolute atomic E-state index is 6.20. The van der Waals surface area contributed by atoms with Gasteiger partial charge in [-0.15, -0.1) is 0 Å². The largest absolute Gasteiger partial charge is 0.496 e. The highest BCUT2D eigenvalue weighted by Gasteiger charge is 2.52. The van der Waals surface area contributed by atoms with Gasteiger partial charge in [-0.1, -0.05) is 19.9 Å². The molecule has 2 aliphatic rings. The Morgan fingerprint density at radius 1 is 1.04 bits per heavy atom. The quantitative estimate of drug-likeness (QED) is 0.740. The molecule has 3 heterocycles. The fraction of sp³-hybridized carbons (Fsp3) is 0.737. The lowest BCUT2D eigenvalue weighted by Crippen LogP contribution is -2.43. The van der Waals surface area contributed by atoms with Crippen molar-refractivity contribution in [2.24, 2.45) is 0 Å². The summed E-state index contributed by atoms with van der Waals surface area (Å²) in [4.78, 5) is 7.21. The van der Waals surface area contributed by atoms with Crippen LogP contribution in [0.3, 0.4) is 0 Å². The van der Waals surface area contributed by atoms with Crippen LogP contribution in [0.5, 0.6) is 0 Å². The van der Waals surface area contributed by atoms with Crippen molar-refractivity contribution in [2.45, 2.75) is 84.5 Å². The average molecular weight is 330 g/mol. The number of aromatic nitrogens is 1. The van der Waals surface area contributed by atoms with Gasteiger partial charge in [-0.2, -0.15) is 0 Å². The maximum Gasteiger partial charge on any atom is 0.496 e. The molecule has 0 aromatic carbocycles. The first-order chi connectivity index (χ1) is 10.7. The summed E-state index contributed by atoms with van der Waals surface area (Å²) in [6.45, 7) is 20.6. The van der Waals surface area contributed by atoms with E-state index in [9.17, 15) is 0 Å². The predicted molar refractivity (Wildman–Crippen MR) is 100 cm³/mol. The van der Waals surface area contributed by atoms with E-state index < -0.39 is 0 Å². The minimum Gasteiger partial charge on any atom is -0.399 e. The van der Waals surface area contributed by atoms with Crippen LogP contribution in [0.2, 0.25) is 0 Å². The fourth-order valence-electron chi connectivity index (χ4n) is 3.41. The molecule has 1 fully saturated rings. The molecule has 24 heavy (non-hydrogen) atoms. The summed E-state index contributed by atoms with van der Waals surface area (Å²) < 4.78 is 12.4. The van der Waals surface area contributed by atoms with Crippen LogP contribution in [0, 0.1) is 0 Å². The lowest BCUT2D eigenvalue weighted by Gasteiger charge is -2.34. The highest BCUT2D eigenvalue weighted by molar-refractivity contribution is 6.62. The van der Waals surface area contributed by atoms with Gasteiger partial charge in [0.2, 0.25) is 0 Å². The molecule has 0 atom stereocenters. The van der Waals surface area contributed by atoms with Gasteiger partial charge in [-0.25, -0.2) is 4.98 Å². The minimum atomic E-state index is -0.354. The number of pyridine rings is 1. The summed E-state index contributed by atoms with van der Waals surface area (Å²) in [7, 11) is -0.354. The standard InChI is InChI=1S/C19H31BN2O2/c1-16(2,3)22-12-17(4,5)14-10-13(11-21-15(14)22)20-23-18(6,7)19(8,9)24-20/h10-11H,12H2,1-9H3. The number of nitrogens with zero attached hydrogens (tertiary/aromatic N) is 2. The molecule has 0 spiro atoms. The van der Waals surface area contributed by atoms with Crippen molar-refractivity contribution in [3.8, 4) is 0 Å². The predicted octanol–water partition coefficient (Wildman–Crippen LogP) is 3.28. The van der Waals surface area contributed by atoms with Crippen molar-refractivity contribution in [3.63, 3.8) is 0 Å². The summed E-state index contributed by atoms with van der Waals surface area (Å²) in [6, 6.07) is 2.23. The van der Waals surface area contributed by atoms with Crippen LogP contribution in [0.25, 0.3) is 0 Å². The number of fused-ring (bicyclic) bond motifs is 1. The maximum atomic E-state index is 6.20. The van der Waals surface area contributed by atoms with Gasteiger partial charge < -0.3 is 14.2 Å². The molecular formula is C19H31BN2O2. The van der Waals surface area contributed by atoms with Gasteiger partial charge in [-0.05, 0) is 48.5 Å². The van der Waals surface area contributed by atoms with Gasteiger partial charge in [0.05, 0.1) is 11.2 Å². The Labute approximate surface area is 147 Å². The Balaban J connectivity index is 1.99. The molecule has 0 bridgehead atoms. The molecule has 1 aromatic heterocycles. The Morgan fingerprint density at radius 2 is 1.58 bits per heavy atom. The zero-order valence-corrected chi connectivity index (χ0v) is 16.7. The molecule has 0 saturated carbocycles. The van der Waals surface area contributed by atoms with Gasteiger partial charge >= 0.3 is 7.12 Å². The summed E-state index contributed by atoms with van der Waals surface area (Å²) in [5, 5.41) is 0. The van der Waals surface area contributed by atoms with E-state index in [4.69, 9.17) is 14.3 Å². The van der Waals surface area contributed by atoms with E-state index in [-0.39, 0.29) is 29.3 Å². The fourth-order valence-corrected chi connectivity index (χ4v) is 3.41. The van der Waals surface area contributed by atoms with E-state index in [0.29, 0.717) is 0 Å². The van der Waals surface area contributed by atoms with Crippen LogP contribution in [0.1, 0.15) is 67.9 Å². The zero-order valence-electron chi connectivity index (χ0n) is 16.7. The molecule has 1 saturated heterocycles. The third-order valence-corrected chi connectivity index (χ3v) is 5.76. The Kier molecular flexibility index (Phi) is 3.68. The number of rotatable bonds is 1. The van der Waals surface area contributed by atoms with E-state index in [1.165, 1.54) is 5.56 Å². The van der Waals surface area contributed by atoms with Crippen LogP contribution in [0.4, 0.5) is 5.82 Å². The van der Waals surface area contributed by atoms with Crippen molar-refractivity contribution in [2.75, 3.05) is 11.4 Å². The second-order valence-electron chi connectivity index (χ2n) is 9.87. The highest BCUT2D eigenvalue weighted by Crippen LogP contribution is 2.42. The Bertz CT molecular complexity index is 646. The van der Waals surface area contributed by atoms with Gasteiger partial charge in [0.15, 0.2) is 0 Å². The van der Waals surface area contributed by atoms with Crippen molar-refractivity contribution in [1.29, 1.82) is 0 Å². The number of hydrogen-bond acceptors (Lipinski definition) is 4. The molecule has 0 aliphatic carbocycles. The van der Waals surface area contributed by atoms with E-state index in [2.05, 4.69) is 73.3 Å². The molecule has 3 rings (SSSR count). The van der Waals surface area contributed by atoms with Gasteiger partial charge in [0, 0.05) is 34.7 Å². The summed E-state index contributed by atoms with van der Waals surface area (Å²) in [5.74, 6) is 1.09. The summed E-state index contributed by atoms with van der Waals surface area (Å²) in [6.07, 6.45) is 1.92. The summed E-state index contributed by atoms with van der Waals surface area (Å²) >= 11 is 0. The normalized spacial score (nSPS) is 24.4. The smallest absolute Gasteiger partial charge is 0.399 e. The van der Waals surface area contributed by atoms with Crippen molar-refractivity contribution in [3.05, 3.63) is 17.8 Å². The first-order valence-electron chi connectivity index (χ1n) is 8.88. The van der Waals surface area contributed by atoms with Gasteiger partial charge in [-0.3, -0.25) is 0 Å². The van der Waals surface area contributed by atoms with E-state index in [1.807, 2.05) is 6.20 Å². The first-order valence-corrected chi connectivity index (χ1v) is 8.88. The first kappa shape index (κ1) is 17.7. The average Bonchev–Trinajstić information content (AvgIpc) is 2.80. The zero-order chi connectivity index (χ0) is 18.1. The Hall–Kier alpha value is -1.07. The molecule has 2 aliphatic heterocycles. The summed E-state index contributed by atoms with van der Waals surface area (Å²) in [5.41, 5.74) is 1.75. The van der Waals surface area contributed by atoms with Crippen LogP contribution in [-0.2, 0) is 14.7 Å². The van der Waals surface area contributed by atoms with Crippen molar-refractivity contribution in [1.82, 2.24) is 4.98 Å². The third-order valence-electron chi connectivity index (χ3n) is 5.76. The van der Waals surface area contributed by atoms with Crippen LogP contribution < -0.4 is 10.4 Å². The molecule has 0 amide bonds. The van der Waals surface area contributed by atoms with Gasteiger partial charge in [0.25, 0.3) is 0 Å². The molecule has 5 heteroatoms. The molecule has 0 N–H and O–H groups in total. The monoisotopic (exact) mass is 330 g/mol. The Morgan fingerprint density at radius 3 is 2.08 bits per heavy atom. The van der Waals surface area contributed by atoms with E-state index >= 15 is 0 Å². The third kappa shape index (κ3) is 2.66. The molecule has 0 radical (unpaired) electrons. The van der Waals surface area contributed by atoms with Crippen molar-refractivity contribution >= 4 is 18.4 Å². The molecular weight excluding hydrogens is 299 g/mol. The molecule has 132 valence electrons. The molecule has 0 unspecified atom stereocenters. The van der Waals surface area contributed by atoms with Gasteiger partial charge in [0.1, 0.15) is 5.82 Å². The minimum absolute atomic E-state index is 0.0569.